The number of hydrogen-bond donors (Lipinski definition) is 1. The molecule has 0 spiro atoms. The molecule has 110 valence electrons. The monoisotopic (exact) mass is 356 g/mol. The van der Waals surface area contributed by atoms with Gasteiger partial charge in [0.15, 0.2) is 0 Å². The summed E-state index contributed by atoms with van der Waals surface area (Å²) in [6, 6.07) is 14.9. The van der Waals surface area contributed by atoms with Crippen molar-refractivity contribution in [3.8, 4) is 0 Å². The van der Waals surface area contributed by atoms with E-state index in [1.165, 1.54) is 0 Å². The Balaban J connectivity index is 1.99. The van der Waals surface area contributed by atoms with Gasteiger partial charge in [-0.3, -0.25) is 9.36 Å². The van der Waals surface area contributed by atoms with Gasteiger partial charge < -0.3 is 5.11 Å². The summed E-state index contributed by atoms with van der Waals surface area (Å²) in [4.78, 5) is 17.3. The molecular weight excluding hydrogens is 344 g/mol. The van der Waals surface area contributed by atoms with Crippen molar-refractivity contribution in [1.82, 2.24) is 9.55 Å². The summed E-state index contributed by atoms with van der Waals surface area (Å²) < 4.78 is 2.59. The Labute approximate surface area is 135 Å². The van der Waals surface area contributed by atoms with E-state index in [-0.39, 0.29) is 11.6 Å². The summed E-state index contributed by atoms with van der Waals surface area (Å²) in [5.74, 6) is 0.452. The molecule has 0 saturated heterocycles. The van der Waals surface area contributed by atoms with Crippen molar-refractivity contribution in [2.75, 3.05) is 0 Å². The minimum atomic E-state index is -0.721. The van der Waals surface area contributed by atoms with Crippen LogP contribution in [0.25, 0.3) is 10.9 Å². The molecule has 5 heteroatoms. The first kappa shape index (κ1) is 13.7. The molecule has 0 unspecified atom stereocenters. The molecule has 1 aliphatic heterocycles. The fourth-order valence-electron chi connectivity index (χ4n) is 3.12. The average molecular weight is 357 g/mol. The molecule has 0 amide bonds. The van der Waals surface area contributed by atoms with Crippen molar-refractivity contribution in [3.05, 3.63) is 74.7 Å². The Bertz CT molecular complexity index is 935. The van der Waals surface area contributed by atoms with Gasteiger partial charge in [0.2, 0.25) is 0 Å². The average Bonchev–Trinajstić information content (AvgIpc) is 2.85. The lowest BCUT2D eigenvalue weighted by Crippen LogP contribution is -2.25. The fraction of sp³-hybridized carbons (Fsp3) is 0.176. The number of nitrogens with zero attached hydrogens (tertiary/aromatic N) is 2. The lowest BCUT2D eigenvalue weighted by Gasteiger charge is -2.15. The van der Waals surface area contributed by atoms with Crippen molar-refractivity contribution in [2.45, 2.75) is 18.6 Å². The highest BCUT2D eigenvalue weighted by Gasteiger charge is 2.33. The molecule has 0 aliphatic carbocycles. The van der Waals surface area contributed by atoms with E-state index >= 15 is 0 Å². The first-order chi connectivity index (χ1) is 10.6. The topological polar surface area (TPSA) is 55.1 Å². The maximum Gasteiger partial charge on any atom is 0.262 e. The Morgan fingerprint density at radius 3 is 2.82 bits per heavy atom. The molecule has 4 nitrogen and oxygen atoms in total. The molecule has 1 N–H and O–H groups in total. The van der Waals surface area contributed by atoms with E-state index in [4.69, 9.17) is 0 Å². The maximum atomic E-state index is 12.8. The van der Waals surface area contributed by atoms with Gasteiger partial charge in [-0.2, -0.15) is 0 Å². The number of aromatic nitrogens is 2. The minimum absolute atomic E-state index is 0.0953. The highest BCUT2D eigenvalue weighted by atomic mass is 79.9. The normalized spacial score (nSPS) is 20.3. The van der Waals surface area contributed by atoms with Crippen LogP contribution in [-0.4, -0.2) is 14.7 Å². The number of para-hydroxylation sites is 1. The summed E-state index contributed by atoms with van der Waals surface area (Å²) in [7, 11) is 0. The van der Waals surface area contributed by atoms with E-state index in [2.05, 4.69) is 20.9 Å². The number of aliphatic hydroxyl groups is 1. The molecule has 2 heterocycles. The second-order valence-electron chi connectivity index (χ2n) is 5.48. The highest BCUT2D eigenvalue weighted by Crippen LogP contribution is 2.37. The lowest BCUT2D eigenvalue weighted by molar-refractivity contribution is 0.172. The van der Waals surface area contributed by atoms with Crippen LogP contribution in [-0.2, 0) is 0 Å². The molecule has 1 aromatic heterocycles. The van der Waals surface area contributed by atoms with Crippen LogP contribution in [0, 0.1) is 0 Å². The molecule has 0 bridgehead atoms. The zero-order valence-corrected chi connectivity index (χ0v) is 13.2. The smallest absolute Gasteiger partial charge is 0.262 e. The van der Waals surface area contributed by atoms with Crippen LogP contribution in [0.1, 0.15) is 30.0 Å². The van der Waals surface area contributed by atoms with E-state index < -0.39 is 6.10 Å². The van der Waals surface area contributed by atoms with Gasteiger partial charge in [-0.05, 0) is 29.8 Å². The van der Waals surface area contributed by atoms with E-state index in [1.54, 1.807) is 16.7 Å². The van der Waals surface area contributed by atoms with Crippen LogP contribution in [0.5, 0.6) is 0 Å². The molecule has 0 saturated carbocycles. The van der Waals surface area contributed by atoms with Crippen LogP contribution >= 0.6 is 15.9 Å². The minimum Gasteiger partial charge on any atom is -0.385 e. The summed E-state index contributed by atoms with van der Waals surface area (Å²) >= 11 is 3.46. The van der Waals surface area contributed by atoms with Gasteiger partial charge in [0.1, 0.15) is 11.9 Å². The fourth-order valence-corrected chi connectivity index (χ4v) is 3.54. The lowest BCUT2D eigenvalue weighted by atomic mass is 10.0. The highest BCUT2D eigenvalue weighted by molar-refractivity contribution is 9.10. The molecule has 0 fully saturated rings. The predicted octanol–water partition coefficient (Wildman–Crippen LogP) is 3.19. The van der Waals surface area contributed by atoms with E-state index in [1.807, 2.05) is 36.4 Å². The Morgan fingerprint density at radius 1 is 1.18 bits per heavy atom. The third-order valence-electron chi connectivity index (χ3n) is 4.12. The summed E-state index contributed by atoms with van der Waals surface area (Å²) in [5.41, 5.74) is 1.53. The molecule has 2 aromatic carbocycles. The molecule has 22 heavy (non-hydrogen) atoms. The standard InChI is InChI=1S/C17H13BrN2O2/c18-11-5-3-4-10(8-11)14-9-15(21)16-19-13-7-2-1-6-12(13)17(22)20(14)16/h1-8,14-15,21H,9H2/t14-,15-/m0/s1. The summed E-state index contributed by atoms with van der Waals surface area (Å²) in [6.45, 7) is 0. The van der Waals surface area contributed by atoms with E-state index in [0.29, 0.717) is 23.1 Å². The van der Waals surface area contributed by atoms with Crippen LogP contribution in [0.4, 0.5) is 0 Å². The zero-order chi connectivity index (χ0) is 15.3. The number of aliphatic hydroxyl groups excluding tert-OH is 1. The molecule has 0 radical (unpaired) electrons. The largest absolute Gasteiger partial charge is 0.385 e. The Kier molecular flexibility index (Phi) is 3.13. The third-order valence-corrected chi connectivity index (χ3v) is 4.62. The van der Waals surface area contributed by atoms with Gasteiger partial charge in [0.05, 0.1) is 16.9 Å². The van der Waals surface area contributed by atoms with Crippen LogP contribution < -0.4 is 5.56 Å². The maximum absolute atomic E-state index is 12.8. The Morgan fingerprint density at radius 2 is 2.00 bits per heavy atom. The molecule has 4 rings (SSSR count). The molecule has 1 aliphatic rings. The summed E-state index contributed by atoms with van der Waals surface area (Å²) in [5, 5.41) is 10.9. The van der Waals surface area contributed by atoms with Gasteiger partial charge in [-0.1, -0.05) is 40.2 Å². The second kappa shape index (κ2) is 5.04. The second-order valence-corrected chi connectivity index (χ2v) is 6.40. The van der Waals surface area contributed by atoms with Crippen molar-refractivity contribution in [2.24, 2.45) is 0 Å². The van der Waals surface area contributed by atoms with Crippen molar-refractivity contribution < 1.29 is 5.11 Å². The van der Waals surface area contributed by atoms with Crippen molar-refractivity contribution >= 4 is 26.8 Å². The first-order valence-corrected chi connectivity index (χ1v) is 7.89. The third kappa shape index (κ3) is 2.01. The van der Waals surface area contributed by atoms with E-state index in [9.17, 15) is 9.90 Å². The van der Waals surface area contributed by atoms with Crippen LogP contribution in [0.15, 0.2) is 57.8 Å². The van der Waals surface area contributed by atoms with Gasteiger partial charge in [0, 0.05) is 10.9 Å². The first-order valence-electron chi connectivity index (χ1n) is 7.10. The molecule has 3 aromatic rings. The van der Waals surface area contributed by atoms with Gasteiger partial charge in [0.25, 0.3) is 5.56 Å². The van der Waals surface area contributed by atoms with Crippen molar-refractivity contribution in [1.29, 1.82) is 0 Å². The predicted molar refractivity (Wildman–Crippen MR) is 87.9 cm³/mol. The molecule has 2 atom stereocenters. The SMILES string of the molecule is O=c1c2ccccc2nc2n1[C@H](c1cccc(Br)c1)C[C@@H]2O. The van der Waals surface area contributed by atoms with Crippen LogP contribution in [0.2, 0.25) is 0 Å². The number of hydrogen-bond acceptors (Lipinski definition) is 3. The molecular formula is C17H13BrN2O2. The van der Waals surface area contributed by atoms with E-state index in [0.717, 1.165) is 10.0 Å². The zero-order valence-electron chi connectivity index (χ0n) is 11.6. The number of fused-ring (bicyclic) bond motifs is 2. The summed E-state index contributed by atoms with van der Waals surface area (Å²) in [6.07, 6.45) is -0.254. The van der Waals surface area contributed by atoms with Crippen molar-refractivity contribution in [3.63, 3.8) is 0 Å². The number of halogens is 1. The number of rotatable bonds is 1. The quantitative estimate of drug-likeness (QED) is 0.728. The van der Waals surface area contributed by atoms with Gasteiger partial charge in [-0.25, -0.2) is 4.98 Å². The van der Waals surface area contributed by atoms with Gasteiger partial charge >= 0.3 is 0 Å². The van der Waals surface area contributed by atoms with Gasteiger partial charge in [-0.15, -0.1) is 0 Å². The van der Waals surface area contributed by atoms with Crippen LogP contribution in [0.3, 0.4) is 0 Å². The number of benzene rings is 2. The Hall–Kier alpha value is -1.98.